The molecular weight excluding hydrogens is 427 g/mol. The molecule has 1 aromatic heterocycles. The number of aryl methyl sites for hydroxylation is 1. The maximum atomic E-state index is 14.4. The number of fused-ring (bicyclic) bond motifs is 1. The molecule has 34 heavy (non-hydrogen) atoms. The highest BCUT2D eigenvalue weighted by Gasteiger charge is 2.30. The molecule has 5 heteroatoms. The molecule has 1 saturated heterocycles. The van der Waals surface area contributed by atoms with Crippen molar-refractivity contribution in [2.24, 2.45) is 5.92 Å². The summed E-state index contributed by atoms with van der Waals surface area (Å²) in [5, 5.41) is 0.951. The van der Waals surface area contributed by atoms with Gasteiger partial charge in [0.15, 0.2) is 5.78 Å². The first-order chi connectivity index (χ1) is 16.5. The van der Waals surface area contributed by atoms with E-state index < -0.39 is 0 Å². The number of para-hydroxylation sites is 1. The molecule has 0 unspecified atom stereocenters. The lowest BCUT2D eigenvalue weighted by Crippen LogP contribution is -2.41. The summed E-state index contributed by atoms with van der Waals surface area (Å²) in [5.41, 5.74) is 3.86. The number of hydrogen-bond acceptors (Lipinski definition) is 2. The second-order valence-electron chi connectivity index (χ2n) is 9.06. The molecule has 0 atom stereocenters. The van der Waals surface area contributed by atoms with Crippen LogP contribution in [0.15, 0.2) is 78.9 Å². The van der Waals surface area contributed by atoms with Crippen molar-refractivity contribution < 1.29 is 14.0 Å². The monoisotopic (exact) mass is 454 g/mol. The van der Waals surface area contributed by atoms with Gasteiger partial charge in [-0.3, -0.25) is 9.59 Å². The van der Waals surface area contributed by atoms with E-state index in [-0.39, 0.29) is 30.0 Å². The number of nitrogens with zero attached hydrogens (tertiary/aromatic N) is 2. The average molecular weight is 455 g/mol. The molecule has 0 N–H and O–H groups in total. The third kappa shape index (κ3) is 4.26. The highest BCUT2D eigenvalue weighted by atomic mass is 19.1. The van der Waals surface area contributed by atoms with Gasteiger partial charge in [0.2, 0.25) is 0 Å². The normalized spacial score (nSPS) is 14.5. The SMILES string of the molecule is Cc1ccc(C(=O)C2CCN(C(=O)c3cc4ccccc4n3Cc3ccccc3F)CC2)cc1. The Balaban J connectivity index is 1.36. The molecule has 0 spiro atoms. The molecule has 0 saturated carbocycles. The van der Waals surface area contributed by atoms with Crippen molar-refractivity contribution in [2.45, 2.75) is 26.3 Å². The minimum atomic E-state index is -0.283. The number of Topliss-reactive ketones (excluding diaryl/α,β-unsaturated/α-hetero) is 1. The van der Waals surface area contributed by atoms with Gasteiger partial charge in [0.25, 0.3) is 5.91 Å². The van der Waals surface area contributed by atoms with E-state index in [0.29, 0.717) is 37.2 Å². The minimum absolute atomic E-state index is 0.0731. The molecule has 0 radical (unpaired) electrons. The van der Waals surface area contributed by atoms with Crippen LogP contribution < -0.4 is 0 Å². The number of likely N-dealkylation sites (tertiary alicyclic amines) is 1. The topological polar surface area (TPSA) is 42.3 Å². The zero-order chi connectivity index (χ0) is 23.7. The van der Waals surface area contributed by atoms with Gasteiger partial charge in [-0.25, -0.2) is 4.39 Å². The van der Waals surface area contributed by atoms with Crippen LogP contribution in [0.3, 0.4) is 0 Å². The van der Waals surface area contributed by atoms with Gasteiger partial charge in [-0.15, -0.1) is 0 Å². The Morgan fingerprint density at radius 1 is 0.912 bits per heavy atom. The predicted molar refractivity (Wildman–Crippen MR) is 132 cm³/mol. The van der Waals surface area contributed by atoms with E-state index in [9.17, 15) is 14.0 Å². The first-order valence-corrected chi connectivity index (χ1v) is 11.7. The third-order valence-corrected chi connectivity index (χ3v) is 6.81. The van der Waals surface area contributed by atoms with Crippen LogP contribution in [0.4, 0.5) is 4.39 Å². The van der Waals surface area contributed by atoms with Crippen LogP contribution in [0.1, 0.15) is 44.8 Å². The van der Waals surface area contributed by atoms with Crippen LogP contribution in [0.25, 0.3) is 10.9 Å². The van der Waals surface area contributed by atoms with Crippen molar-refractivity contribution in [1.82, 2.24) is 9.47 Å². The van der Waals surface area contributed by atoms with Crippen LogP contribution in [-0.2, 0) is 6.54 Å². The molecular formula is C29H27FN2O2. The second kappa shape index (κ2) is 9.26. The smallest absolute Gasteiger partial charge is 0.270 e. The van der Waals surface area contributed by atoms with Gasteiger partial charge in [-0.05, 0) is 38.0 Å². The number of ketones is 1. The van der Waals surface area contributed by atoms with E-state index in [2.05, 4.69) is 0 Å². The van der Waals surface area contributed by atoms with Gasteiger partial charge in [0.1, 0.15) is 11.5 Å². The zero-order valence-electron chi connectivity index (χ0n) is 19.2. The van der Waals surface area contributed by atoms with Crippen LogP contribution in [0.5, 0.6) is 0 Å². The number of aromatic nitrogens is 1. The Morgan fingerprint density at radius 2 is 1.59 bits per heavy atom. The van der Waals surface area contributed by atoms with Crippen LogP contribution in [0.2, 0.25) is 0 Å². The highest BCUT2D eigenvalue weighted by molar-refractivity contribution is 6.00. The molecule has 0 aliphatic carbocycles. The Hall–Kier alpha value is -3.73. The van der Waals surface area contributed by atoms with Crippen molar-refractivity contribution >= 4 is 22.6 Å². The Labute approximate surface area is 198 Å². The second-order valence-corrected chi connectivity index (χ2v) is 9.06. The molecule has 172 valence electrons. The van der Waals surface area contributed by atoms with Crippen LogP contribution >= 0.6 is 0 Å². The standard InChI is InChI=1S/C29H27FN2O2/c1-20-10-12-21(13-11-20)28(33)22-14-16-31(17-15-22)29(34)27-18-23-6-3-5-9-26(23)32(27)19-24-7-2-4-8-25(24)30/h2-13,18,22H,14-17,19H2,1H3. The average Bonchev–Trinajstić information content (AvgIpc) is 3.23. The fourth-order valence-electron chi connectivity index (χ4n) is 4.82. The number of piperidine rings is 1. The number of hydrogen-bond donors (Lipinski definition) is 0. The Morgan fingerprint density at radius 3 is 2.32 bits per heavy atom. The molecule has 0 bridgehead atoms. The van der Waals surface area contributed by atoms with Crippen LogP contribution in [0, 0.1) is 18.7 Å². The summed E-state index contributed by atoms with van der Waals surface area (Å²) in [7, 11) is 0. The summed E-state index contributed by atoms with van der Waals surface area (Å²) in [4.78, 5) is 28.3. The van der Waals surface area contributed by atoms with Gasteiger partial charge in [0, 0.05) is 41.0 Å². The van der Waals surface area contributed by atoms with Crippen molar-refractivity contribution in [3.63, 3.8) is 0 Å². The van der Waals surface area contributed by atoms with Crippen LogP contribution in [-0.4, -0.2) is 34.2 Å². The summed E-state index contributed by atoms with van der Waals surface area (Å²) < 4.78 is 16.3. The Kier molecular flexibility index (Phi) is 6.01. The number of carbonyl (C=O) groups is 2. The first kappa shape index (κ1) is 22.1. The molecule has 1 fully saturated rings. The predicted octanol–water partition coefficient (Wildman–Crippen LogP) is 5.87. The van der Waals surface area contributed by atoms with Gasteiger partial charge in [-0.2, -0.15) is 0 Å². The van der Waals surface area contributed by atoms with Gasteiger partial charge < -0.3 is 9.47 Å². The van der Waals surface area contributed by atoms with E-state index in [4.69, 9.17) is 0 Å². The minimum Gasteiger partial charge on any atom is -0.337 e. The molecule has 4 aromatic rings. The summed E-state index contributed by atoms with van der Waals surface area (Å²) in [6.45, 7) is 3.35. The van der Waals surface area contributed by atoms with E-state index in [1.807, 2.05) is 71.0 Å². The van der Waals surface area contributed by atoms with Crippen molar-refractivity contribution in [1.29, 1.82) is 0 Å². The number of carbonyl (C=O) groups excluding carboxylic acids is 2. The molecule has 4 nitrogen and oxygen atoms in total. The van der Waals surface area contributed by atoms with E-state index >= 15 is 0 Å². The maximum absolute atomic E-state index is 14.4. The fourth-order valence-corrected chi connectivity index (χ4v) is 4.82. The molecule has 1 aliphatic rings. The highest BCUT2D eigenvalue weighted by Crippen LogP contribution is 2.27. The molecule has 1 amide bonds. The van der Waals surface area contributed by atoms with Gasteiger partial charge in [-0.1, -0.05) is 66.2 Å². The summed E-state index contributed by atoms with van der Waals surface area (Å²) in [6.07, 6.45) is 1.29. The Bertz CT molecular complexity index is 1350. The van der Waals surface area contributed by atoms with Crippen molar-refractivity contribution in [2.75, 3.05) is 13.1 Å². The lowest BCUT2D eigenvalue weighted by atomic mass is 9.88. The lowest BCUT2D eigenvalue weighted by Gasteiger charge is -2.31. The molecule has 1 aliphatic heterocycles. The summed E-state index contributed by atoms with van der Waals surface area (Å²) >= 11 is 0. The van der Waals surface area contributed by atoms with Gasteiger partial charge in [0.05, 0.1) is 6.54 Å². The summed E-state index contributed by atoms with van der Waals surface area (Å²) in [6, 6.07) is 24.0. The molecule has 5 rings (SSSR count). The van der Waals surface area contributed by atoms with Crippen molar-refractivity contribution in [3.05, 3.63) is 107 Å². The molecule has 2 heterocycles. The largest absolute Gasteiger partial charge is 0.337 e. The number of benzene rings is 3. The van der Waals surface area contributed by atoms with E-state index in [1.54, 1.807) is 18.2 Å². The number of amides is 1. The first-order valence-electron chi connectivity index (χ1n) is 11.7. The van der Waals surface area contributed by atoms with E-state index in [0.717, 1.165) is 22.0 Å². The van der Waals surface area contributed by atoms with Gasteiger partial charge >= 0.3 is 0 Å². The maximum Gasteiger partial charge on any atom is 0.270 e. The third-order valence-electron chi connectivity index (χ3n) is 6.81. The quantitative estimate of drug-likeness (QED) is 0.354. The number of halogens is 1. The fraction of sp³-hybridized carbons (Fsp3) is 0.241. The lowest BCUT2D eigenvalue weighted by molar-refractivity contribution is 0.0642. The zero-order valence-corrected chi connectivity index (χ0v) is 19.2. The van der Waals surface area contributed by atoms with Crippen molar-refractivity contribution in [3.8, 4) is 0 Å². The summed E-state index contributed by atoms with van der Waals surface area (Å²) in [5.74, 6) is -0.278. The number of rotatable bonds is 5. The van der Waals surface area contributed by atoms with E-state index in [1.165, 1.54) is 6.07 Å². The molecule has 3 aromatic carbocycles.